The SMILES string of the molecule is COC(=O)c1ccc(N(CC(=O)N2CCc3ccccc3C2)C(C)=O)cc1. The summed E-state index contributed by atoms with van der Waals surface area (Å²) in [7, 11) is 1.31. The van der Waals surface area contributed by atoms with Gasteiger partial charge in [-0.2, -0.15) is 0 Å². The number of carbonyl (C=O) groups excluding carboxylic acids is 3. The summed E-state index contributed by atoms with van der Waals surface area (Å²) in [5, 5.41) is 0. The summed E-state index contributed by atoms with van der Waals surface area (Å²) in [5.41, 5.74) is 3.38. The van der Waals surface area contributed by atoms with E-state index in [1.54, 1.807) is 29.2 Å². The fraction of sp³-hybridized carbons (Fsp3) is 0.286. The number of carbonyl (C=O) groups is 3. The predicted molar refractivity (Wildman–Crippen MR) is 101 cm³/mol. The first kappa shape index (κ1) is 18.6. The number of methoxy groups -OCH3 is 1. The van der Waals surface area contributed by atoms with Crippen molar-refractivity contribution in [3.05, 3.63) is 65.2 Å². The molecule has 1 heterocycles. The van der Waals surface area contributed by atoms with Crippen LogP contribution in [0.4, 0.5) is 5.69 Å². The van der Waals surface area contributed by atoms with Crippen LogP contribution in [0.25, 0.3) is 0 Å². The van der Waals surface area contributed by atoms with Gasteiger partial charge in [-0.3, -0.25) is 9.59 Å². The lowest BCUT2D eigenvalue weighted by Gasteiger charge is -2.31. The smallest absolute Gasteiger partial charge is 0.337 e. The molecule has 6 nitrogen and oxygen atoms in total. The lowest BCUT2D eigenvalue weighted by Crippen LogP contribution is -2.44. The summed E-state index contributed by atoms with van der Waals surface area (Å²) >= 11 is 0. The Balaban J connectivity index is 1.72. The zero-order chi connectivity index (χ0) is 19.4. The summed E-state index contributed by atoms with van der Waals surface area (Å²) in [6, 6.07) is 14.5. The third-order valence-corrected chi connectivity index (χ3v) is 4.76. The van der Waals surface area contributed by atoms with Crippen molar-refractivity contribution in [2.24, 2.45) is 0 Å². The number of esters is 1. The Bertz CT molecular complexity index is 861. The Morgan fingerprint density at radius 2 is 1.70 bits per heavy atom. The van der Waals surface area contributed by atoms with Gasteiger partial charge in [0.2, 0.25) is 11.8 Å². The van der Waals surface area contributed by atoms with Gasteiger partial charge in [0.15, 0.2) is 0 Å². The van der Waals surface area contributed by atoms with Crippen molar-refractivity contribution < 1.29 is 19.1 Å². The fourth-order valence-corrected chi connectivity index (χ4v) is 3.22. The summed E-state index contributed by atoms with van der Waals surface area (Å²) in [4.78, 5) is 39.6. The lowest BCUT2D eigenvalue weighted by atomic mass is 10.00. The van der Waals surface area contributed by atoms with E-state index in [1.165, 1.54) is 24.5 Å². The van der Waals surface area contributed by atoms with E-state index < -0.39 is 5.97 Å². The second kappa shape index (κ2) is 8.03. The number of hydrogen-bond acceptors (Lipinski definition) is 4. The Labute approximate surface area is 158 Å². The van der Waals surface area contributed by atoms with E-state index in [1.807, 2.05) is 18.2 Å². The highest BCUT2D eigenvalue weighted by molar-refractivity contribution is 5.98. The molecule has 0 fully saturated rings. The first-order chi connectivity index (χ1) is 13.0. The zero-order valence-corrected chi connectivity index (χ0v) is 15.5. The van der Waals surface area contributed by atoms with Crippen LogP contribution in [0.3, 0.4) is 0 Å². The van der Waals surface area contributed by atoms with E-state index in [0.29, 0.717) is 24.3 Å². The second-order valence-corrected chi connectivity index (χ2v) is 6.48. The average Bonchev–Trinajstić information content (AvgIpc) is 2.70. The number of rotatable bonds is 4. The minimum Gasteiger partial charge on any atom is -0.465 e. The molecule has 0 atom stereocenters. The number of fused-ring (bicyclic) bond motifs is 1. The molecule has 1 aliphatic rings. The lowest BCUT2D eigenvalue weighted by molar-refractivity contribution is -0.132. The molecular weight excluding hydrogens is 344 g/mol. The van der Waals surface area contributed by atoms with Crippen molar-refractivity contribution in [1.82, 2.24) is 4.90 Å². The van der Waals surface area contributed by atoms with Crippen LogP contribution in [0.5, 0.6) is 0 Å². The van der Waals surface area contributed by atoms with Gasteiger partial charge in [-0.15, -0.1) is 0 Å². The van der Waals surface area contributed by atoms with E-state index in [9.17, 15) is 14.4 Å². The van der Waals surface area contributed by atoms with Crippen molar-refractivity contribution in [3.8, 4) is 0 Å². The molecule has 0 bridgehead atoms. The van der Waals surface area contributed by atoms with Crippen LogP contribution in [-0.2, 0) is 27.3 Å². The van der Waals surface area contributed by atoms with Gasteiger partial charge in [0.05, 0.1) is 12.7 Å². The molecule has 0 N–H and O–H groups in total. The molecule has 140 valence electrons. The van der Waals surface area contributed by atoms with Crippen LogP contribution in [0.15, 0.2) is 48.5 Å². The molecule has 2 aromatic carbocycles. The molecule has 2 amide bonds. The van der Waals surface area contributed by atoms with Gasteiger partial charge >= 0.3 is 5.97 Å². The van der Waals surface area contributed by atoms with Crippen LogP contribution in [0.2, 0.25) is 0 Å². The summed E-state index contributed by atoms with van der Waals surface area (Å²) < 4.78 is 4.68. The monoisotopic (exact) mass is 366 g/mol. The third-order valence-electron chi connectivity index (χ3n) is 4.76. The van der Waals surface area contributed by atoms with Gasteiger partial charge in [-0.05, 0) is 41.8 Å². The zero-order valence-electron chi connectivity index (χ0n) is 15.5. The van der Waals surface area contributed by atoms with E-state index in [0.717, 1.165) is 12.0 Å². The number of benzene rings is 2. The minimum absolute atomic E-state index is 0.0327. The first-order valence-corrected chi connectivity index (χ1v) is 8.80. The van der Waals surface area contributed by atoms with E-state index >= 15 is 0 Å². The quantitative estimate of drug-likeness (QED) is 0.780. The van der Waals surface area contributed by atoms with Crippen LogP contribution in [0, 0.1) is 0 Å². The Kier molecular flexibility index (Phi) is 5.54. The maximum absolute atomic E-state index is 12.8. The van der Waals surface area contributed by atoms with Gasteiger partial charge in [-0.1, -0.05) is 24.3 Å². The Morgan fingerprint density at radius 1 is 1.04 bits per heavy atom. The topological polar surface area (TPSA) is 66.9 Å². The molecule has 0 saturated carbocycles. The van der Waals surface area contributed by atoms with E-state index in [2.05, 4.69) is 10.8 Å². The summed E-state index contributed by atoms with van der Waals surface area (Å²) in [6.07, 6.45) is 0.815. The number of hydrogen-bond donors (Lipinski definition) is 0. The largest absolute Gasteiger partial charge is 0.465 e. The maximum atomic E-state index is 12.8. The van der Waals surface area contributed by atoms with Gasteiger partial charge in [-0.25, -0.2) is 4.79 Å². The van der Waals surface area contributed by atoms with Crippen LogP contribution >= 0.6 is 0 Å². The van der Waals surface area contributed by atoms with Crippen molar-refractivity contribution in [3.63, 3.8) is 0 Å². The predicted octanol–water partition coefficient (Wildman–Crippen LogP) is 2.41. The minimum atomic E-state index is -0.445. The van der Waals surface area contributed by atoms with Crippen LogP contribution in [-0.4, -0.2) is 42.9 Å². The highest BCUT2D eigenvalue weighted by Gasteiger charge is 2.24. The van der Waals surface area contributed by atoms with Gasteiger partial charge in [0, 0.05) is 25.7 Å². The van der Waals surface area contributed by atoms with Gasteiger partial charge in [0.25, 0.3) is 0 Å². The summed E-state index contributed by atoms with van der Waals surface area (Å²) in [5.74, 6) is -0.776. The Morgan fingerprint density at radius 3 is 2.33 bits per heavy atom. The third kappa shape index (κ3) is 4.16. The van der Waals surface area contributed by atoms with Crippen molar-refractivity contribution in [2.45, 2.75) is 19.9 Å². The molecule has 3 rings (SSSR count). The molecule has 0 unspecified atom stereocenters. The second-order valence-electron chi connectivity index (χ2n) is 6.48. The normalized spacial score (nSPS) is 12.9. The molecule has 27 heavy (non-hydrogen) atoms. The van der Waals surface area contributed by atoms with E-state index in [4.69, 9.17) is 0 Å². The van der Waals surface area contributed by atoms with Crippen molar-refractivity contribution in [1.29, 1.82) is 0 Å². The molecule has 6 heteroatoms. The highest BCUT2D eigenvalue weighted by Crippen LogP contribution is 2.20. The number of amides is 2. The molecule has 0 aromatic heterocycles. The molecule has 0 aliphatic carbocycles. The number of ether oxygens (including phenoxy) is 1. The molecule has 1 aliphatic heterocycles. The van der Waals surface area contributed by atoms with Crippen molar-refractivity contribution in [2.75, 3.05) is 25.1 Å². The Hall–Kier alpha value is -3.15. The molecular formula is C21H22N2O4. The molecule has 0 spiro atoms. The fourth-order valence-electron chi connectivity index (χ4n) is 3.22. The average molecular weight is 366 g/mol. The number of nitrogens with zero attached hydrogens (tertiary/aromatic N) is 2. The maximum Gasteiger partial charge on any atom is 0.337 e. The van der Waals surface area contributed by atoms with Gasteiger partial charge in [0.1, 0.15) is 6.54 Å². The standard InChI is InChI=1S/C21H22N2O4/c1-15(24)23(19-9-7-17(8-10-19)21(26)27-2)14-20(25)22-12-11-16-5-3-4-6-18(16)13-22/h3-10H,11-14H2,1-2H3. The molecule has 0 radical (unpaired) electrons. The van der Waals surface area contributed by atoms with Crippen LogP contribution < -0.4 is 4.90 Å². The number of anilines is 1. The first-order valence-electron chi connectivity index (χ1n) is 8.80. The van der Waals surface area contributed by atoms with Gasteiger partial charge < -0.3 is 14.5 Å². The molecule has 0 saturated heterocycles. The van der Waals surface area contributed by atoms with Crippen molar-refractivity contribution >= 4 is 23.5 Å². The van der Waals surface area contributed by atoms with Crippen LogP contribution in [0.1, 0.15) is 28.4 Å². The summed E-state index contributed by atoms with van der Waals surface area (Å²) in [6.45, 7) is 2.59. The highest BCUT2D eigenvalue weighted by atomic mass is 16.5. The van der Waals surface area contributed by atoms with E-state index in [-0.39, 0.29) is 18.4 Å². The molecule has 2 aromatic rings.